The molecule has 20 heavy (non-hydrogen) atoms. The molecule has 0 aliphatic heterocycles. The molecule has 0 amide bonds. The molecule has 0 radical (unpaired) electrons. The summed E-state index contributed by atoms with van der Waals surface area (Å²) in [7, 11) is 0. The second-order valence-electron chi connectivity index (χ2n) is 9.18. The molecular formula is C19H30O. The normalized spacial score (nSPS) is 54.1. The van der Waals surface area contributed by atoms with Gasteiger partial charge in [-0.25, -0.2) is 0 Å². The van der Waals surface area contributed by atoms with Gasteiger partial charge in [-0.1, -0.05) is 13.8 Å². The molecule has 5 fully saturated rings. The molecular weight excluding hydrogens is 244 g/mol. The zero-order valence-corrected chi connectivity index (χ0v) is 13.2. The average Bonchev–Trinajstić information content (AvgIpc) is 2.35. The van der Waals surface area contributed by atoms with E-state index in [-0.39, 0.29) is 5.41 Å². The van der Waals surface area contributed by atoms with Crippen molar-refractivity contribution in [3.63, 3.8) is 0 Å². The minimum Gasteiger partial charge on any atom is -0.299 e. The zero-order valence-electron chi connectivity index (χ0n) is 13.2. The fourth-order valence-corrected chi connectivity index (χ4v) is 7.01. The summed E-state index contributed by atoms with van der Waals surface area (Å²) in [5.74, 6) is 5.37. The Balaban J connectivity index is 1.56. The van der Waals surface area contributed by atoms with Gasteiger partial charge in [-0.2, -0.15) is 0 Å². The van der Waals surface area contributed by atoms with Crippen LogP contribution in [-0.2, 0) is 4.79 Å². The SMILES string of the molecule is CC1CC(C)CC(C(=O)C23CC4CC(CC(C4)C2)C3)C1. The highest BCUT2D eigenvalue weighted by Crippen LogP contribution is 2.61. The number of Topliss-reactive ketones (excluding diaryl/α,β-unsaturated/α-hetero) is 1. The van der Waals surface area contributed by atoms with Crippen molar-refractivity contribution in [1.29, 1.82) is 0 Å². The van der Waals surface area contributed by atoms with Crippen molar-refractivity contribution in [2.45, 2.75) is 71.6 Å². The molecule has 0 aromatic rings. The molecule has 2 atom stereocenters. The predicted octanol–water partition coefficient (Wildman–Crippen LogP) is 4.84. The molecule has 5 aliphatic carbocycles. The van der Waals surface area contributed by atoms with E-state index < -0.39 is 0 Å². The highest BCUT2D eigenvalue weighted by Gasteiger charge is 2.55. The molecule has 112 valence electrons. The van der Waals surface area contributed by atoms with Crippen molar-refractivity contribution in [2.24, 2.45) is 40.9 Å². The molecule has 2 unspecified atom stereocenters. The van der Waals surface area contributed by atoms with Crippen molar-refractivity contribution in [2.75, 3.05) is 0 Å². The van der Waals surface area contributed by atoms with Crippen molar-refractivity contribution < 1.29 is 4.79 Å². The minimum absolute atomic E-state index is 0.149. The van der Waals surface area contributed by atoms with Crippen LogP contribution in [0.5, 0.6) is 0 Å². The van der Waals surface area contributed by atoms with Crippen LogP contribution in [-0.4, -0.2) is 5.78 Å². The van der Waals surface area contributed by atoms with Crippen molar-refractivity contribution in [1.82, 2.24) is 0 Å². The first-order valence-electron chi connectivity index (χ1n) is 9.08. The third kappa shape index (κ3) is 2.07. The summed E-state index contributed by atoms with van der Waals surface area (Å²) >= 11 is 0. The lowest BCUT2D eigenvalue weighted by Gasteiger charge is -2.57. The first-order valence-corrected chi connectivity index (χ1v) is 9.08. The van der Waals surface area contributed by atoms with Gasteiger partial charge in [0.2, 0.25) is 0 Å². The Morgan fingerprint density at radius 3 is 1.65 bits per heavy atom. The minimum atomic E-state index is 0.149. The summed E-state index contributed by atoms with van der Waals surface area (Å²) in [5, 5.41) is 0. The van der Waals surface area contributed by atoms with Gasteiger partial charge < -0.3 is 0 Å². The van der Waals surface area contributed by atoms with Crippen LogP contribution in [0.3, 0.4) is 0 Å². The number of rotatable bonds is 2. The third-order valence-corrected chi connectivity index (χ3v) is 7.11. The number of ketones is 1. The third-order valence-electron chi connectivity index (χ3n) is 7.11. The van der Waals surface area contributed by atoms with E-state index in [1.54, 1.807) is 0 Å². The van der Waals surface area contributed by atoms with Crippen LogP contribution in [0.15, 0.2) is 0 Å². The fourth-order valence-electron chi connectivity index (χ4n) is 7.01. The van der Waals surface area contributed by atoms with Gasteiger partial charge in [0.1, 0.15) is 5.78 Å². The van der Waals surface area contributed by atoms with E-state index in [2.05, 4.69) is 13.8 Å². The molecule has 0 N–H and O–H groups in total. The maximum atomic E-state index is 13.3. The van der Waals surface area contributed by atoms with E-state index in [0.29, 0.717) is 5.92 Å². The zero-order chi connectivity index (χ0) is 13.9. The van der Waals surface area contributed by atoms with Gasteiger partial charge in [0.15, 0.2) is 0 Å². The molecule has 1 nitrogen and oxygen atoms in total. The van der Waals surface area contributed by atoms with Gasteiger partial charge >= 0.3 is 0 Å². The van der Waals surface area contributed by atoms with E-state index in [1.807, 2.05) is 0 Å². The summed E-state index contributed by atoms with van der Waals surface area (Å²) in [5.41, 5.74) is 0.149. The molecule has 0 aromatic heterocycles. The maximum absolute atomic E-state index is 13.3. The molecule has 0 heterocycles. The topological polar surface area (TPSA) is 17.1 Å². The van der Waals surface area contributed by atoms with Crippen LogP contribution in [0.1, 0.15) is 71.6 Å². The molecule has 4 bridgehead atoms. The Morgan fingerprint density at radius 1 is 0.750 bits per heavy atom. The molecule has 5 rings (SSSR count). The number of carbonyl (C=O) groups excluding carboxylic acids is 1. The highest BCUT2D eigenvalue weighted by atomic mass is 16.1. The Kier molecular flexibility index (Phi) is 3.06. The van der Waals surface area contributed by atoms with E-state index in [9.17, 15) is 4.79 Å². The summed E-state index contributed by atoms with van der Waals surface area (Å²) in [6.07, 6.45) is 11.8. The first kappa shape index (κ1) is 13.3. The van der Waals surface area contributed by atoms with Crippen molar-refractivity contribution in [3.05, 3.63) is 0 Å². The number of carbonyl (C=O) groups is 1. The van der Waals surface area contributed by atoms with Gasteiger partial charge in [0.25, 0.3) is 0 Å². The molecule has 0 aromatic carbocycles. The molecule has 5 aliphatic rings. The van der Waals surface area contributed by atoms with Gasteiger partial charge in [-0.05, 0) is 87.4 Å². The monoisotopic (exact) mass is 274 g/mol. The van der Waals surface area contributed by atoms with Gasteiger partial charge in [-0.3, -0.25) is 4.79 Å². The van der Waals surface area contributed by atoms with Crippen molar-refractivity contribution >= 4 is 5.78 Å². The molecule has 5 saturated carbocycles. The molecule has 0 saturated heterocycles. The Morgan fingerprint density at radius 2 is 1.20 bits per heavy atom. The van der Waals surface area contributed by atoms with Gasteiger partial charge in [0, 0.05) is 11.3 Å². The van der Waals surface area contributed by atoms with Gasteiger partial charge in [0.05, 0.1) is 0 Å². The second-order valence-corrected chi connectivity index (χ2v) is 9.18. The van der Waals surface area contributed by atoms with E-state index in [0.717, 1.165) is 35.4 Å². The van der Waals surface area contributed by atoms with Crippen LogP contribution in [0.25, 0.3) is 0 Å². The largest absolute Gasteiger partial charge is 0.299 e. The Labute approximate surface area is 123 Å². The standard InChI is InChI=1S/C19H30O/c1-12-3-13(2)5-17(4-12)18(20)19-9-14-6-15(10-19)8-16(7-14)11-19/h12-17H,3-11H2,1-2H3. The van der Waals surface area contributed by atoms with Crippen LogP contribution in [0.2, 0.25) is 0 Å². The predicted molar refractivity (Wildman–Crippen MR) is 81.3 cm³/mol. The fraction of sp³-hybridized carbons (Fsp3) is 0.947. The summed E-state index contributed by atoms with van der Waals surface area (Å²) in [4.78, 5) is 13.3. The first-order chi connectivity index (χ1) is 9.54. The summed E-state index contributed by atoms with van der Waals surface area (Å²) in [6, 6.07) is 0. The number of hydrogen-bond donors (Lipinski definition) is 0. The lowest BCUT2D eigenvalue weighted by molar-refractivity contribution is -0.150. The lowest BCUT2D eigenvalue weighted by atomic mass is 9.47. The molecule has 1 heteroatoms. The van der Waals surface area contributed by atoms with Crippen LogP contribution >= 0.6 is 0 Å². The van der Waals surface area contributed by atoms with E-state index >= 15 is 0 Å². The van der Waals surface area contributed by atoms with Gasteiger partial charge in [-0.15, -0.1) is 0 Å². The maximum Gasteiger partial charge on any atom is 0.142 e. The smallest absolute Gasteiger partial charge is 0.142 e. The second kappa shape index (κ2) is 4.58. The van der Waals surface area contributed by atoms with E-state index in [4.69, 9.17) is 0 Å². The Hall–Kier alpha value is -0.330. The lowest BCUT2D eigenvalue weighted by Crippen LogP contribution is -2.52. The highest BCUT2D eigenvalue weighted by molar-refractivity contribution is 5.87. The average molecular weight is 274 g/mol. The number of hydrogen-bond acceptors (Lipinski definition) is 1. The summed E-state index contributed by atoms with van der Waals surface area (Å²) in [6.45, 7) is 4.71. The van der Waals surface area contributed by atoms with Crippen LogP contribution < -0.4 is 0 Å². The van der Waals surface area contributed by atoms with Crippen LogP contribution in [0, 0.1) is 40.9 Å². The van der Waals surface area contributed by atoms with E-state index in [1.165, 1.54) is 57.8 Å². The molecule has 0 spiro atoms. The quantitative estimate of drug-likeness (QED) is 0.704. The van der Waals surface area contributed by atoms with Crippen molar-refractivity contribution in [3.8, 4) is 0 Å². The summed E-state index contributed by atoms with van der Waals surface area (Å²) < 4.78 is 0. The van der Waals surface area contributed by atoms with Crippen LogP contribution in [0.4, 0.5) is 0 Å². The Bertz CT molecular complexity index is 365.